The van der Waals surface area contributed by atoms with Gasteiger partial charge in [0.05, 0.1) is 12.2 Å². The van der Waals surface area contributed by atoms with E-state index in [1.165, 1.54) is 23.5 Å². The van der Waals surface area contributed by atoms with Gasteiger partial charge in [-0.3, -0.25) is 24.3 Å². The number of amides is 3. The molecule has 19 heteroatoms. The normalized spacial score (nSPS) is 18.7. The Labute approximate surface area is 243 Å². The van der Waals surface area contributed by atoms with E-state index in [1.807, 2.05) is 6.07 Å². The first-order chi connectivity index (χ1) is 19.2. The molecule has 40 heavy (non-hydrogen) atoms. The number of hydrogen-bond donors (Lipinski definition) is 6. The number of thioether (sulfide) groups is 3. The Hall–Kier alpha value is -3.39. The summed E-state index contributed by atoms with van der Waals surface area (Å²) in [6, 6.07) is 2.52. The van der Waals surface area contributed by atoms with Crippen molar-refractivity contribution in [1.82, 2.24) is 29.9 Å². The third-order valence-corrected chi connectivity index (χ3v) is 9.62. The maximum absolute atomic E-state index is 13.0. The number of nitrogen functional groups attached to an aromatic ring is 1. The topological polar surface area (TPSA) is 239 Å². The number of nitrogens with zero attached hydrogens (tertiary/aromatic N) is 5. The molecule has 2 aromatic rings. The zero-order valence-corrected chi connectivity index (χ0v) is 23.7. The van der Waals surface area contributed by atoms with E-state index >= 15 is 0 Å². The number of carbonyl (C=O) groups excluding carboxylic acids is 3. The van der Waals surface area contributed by atoms with Crippen molar-refractivity contribution < 1.29 is 29.5 Å². The number of aliphatic carboxylic acids is 1. The van der Waals surface area contributed by atoms with Crippen molar-refractivity contribution in [2.24, 2.45) is 10.9 Å². The first kappa shape index (κ1) is 29.6. The lowest BCUT2D eigenvalue weighted by molar-refractivity contribution is -0.150. The Morgan fingerprint density at radius 2 is 2.12 bits per heavy atom. The number of rotatable bonds is 12. The van der Waals surface area contributed by atoms with E-state index in [4.69, 9.17) is 11.5 Å². The SMILES string of the molecule is NCC(=O)NCCSCc1ncccc1SC1=C(C(=O)O)N2C(=O)[C@@H](NC(=O)/C(=N\O)c3nsc(N)n3)[C@H]2SC1. The molecule has 0 spiro atoms. The molecule has 1 saturated heterocycles. The quantitative estimate of drug-likeness (QED) is 0.0573. The van der Waals surface area contributed by atoms with E-state index in [9.17, 15) is 29.5 Å². The number of carboxylic acids is 1. The molecule has 4 rings (SSSR count). The molecule has 15 nitrogen and oxygen atoms in total. The fraction of sp³-hybridized carbons (Fsp3) is 0.333. The van der Waals surface area contributed by atoms with Gasteiger partial charge in [0.25, 0.3) is 11.8 Å². The van der Waals surface area contributed by atoms with Crippen molar-refractivity contribution in [1.29, 1.82) is 0 Å². The minimum atomic E-state index is -1.28. The predicted octanol–water partition coefficient (Wildman–Crippen LogP) is -0.510. The summed E-state index contributed by atoms with van der Waals surface area (Å²) >= 11 is 4.86. The highest BCUT2D eigenvalue weighted by atomic mass is 32.2. The third-order valence-electron chi connectivity index (χ3n) is 5.47. The number of carbonyl (C=O) groups is 4. The number of β-lactam (4-membered cyclic amide) rings is 1. The second-order valence-electron chi connectivity index (χ2n) is 8.00. The van der Waals surface area contributed by atoms with E-state index in [1.54, 1.807) is 24.0 Å². The van der Waals surface area contributed by atoms with Gasteiger partial charge in [-0.1, -0.05) is 16.9 Å². The van der Waals surface area contributed by atoms with Crippen LogP contribution in [0.1, 0.15) is 11.5 Å². The molecule has 0 bridgehead atoms. The Morgan fingerprint density at radius 1 is 1.32 bits per heavy atom. The largest absolute Gasteiger partial charge is 0.477 e. The second-order valence-corrected chi connectivity index (χ2v) is 12.1. The van der Waals surface area contributed by atoms with Crippen LogP contribution in [-0.4, -0.2) is 95.0 Å². The van der Waals surface area contributed by atoms with Crippen LogP contribution in [0.5, 0.6) is 0 Å². The highest BCUT2D eigenvalue weighted by Crippen LogP contribution is 2.45. The highest BCUT2D eigenvalue weighted by Gasteiger charge is 2.54. The minimum Gasteiger partial charge on any atom is -0.477 e. The van der Waals surface area contributed by atoms with Gasteiger partial charge in [-0.15, -0.1) is 11.8 Å². The molecule has 2 aliphatic rings. The van der Waals surface area contributed by atoms with Crippen LogP contribution in [-0.2, 0) is 24.9 Å². The summed E-state index contributed by atoms with van der Waals surface area (Å²) in [4.78, 5) is 59.8. The molecule has 0 saturated carbocycles. The summed E-state index contributed by atoms with van der Waals surface area (Å²) < 4.78 is 3.83. The van der Waals surface area contributed by atoms with Crippen LogP contribution in [0.15, 0.2) is 39.0 Å². The average Bonchev–Trinajstić information content (AvgIpc) is 3.37. The van der Waals surface area contributed by atoms with Gasteiger partial charge in [-0.2, -0.15) is 21.1 Å². The number of nitrogens with two attached hydrogens (primary N) is 2. The molecular formula is C21H23N9O6S4. The van der Waals surface area contributed by atoms with Gasteiger partial charge >= 0.3 is 5.97 Å². The average molecular weight is 626 g/mol. The van der Waals surface area contributed by atoms with Crippen molar-refractivity contribution in [2.75, 3.05) is 30.3 Å². The van der Waals surface area contributed by atoms with Crippen LogP contribution in [0.4, 0.5) is 5.13 Å². The van der Waals surface area contributed by atoms with E-state index in [2.05, 4.69) is 30.1 Å². The van der Waals surface area contributed by atoms with Gasteiger partial charge in [-0.05, 0) is 12.1 Å². The highest BCUT2D eigenvalue weighted by molar-refractivity contribution is 8.06. The second kappa shape index (κ2) is 13.3. The number of pyridine rings is 1. The Morgan fingerprint density at radius 3 is 2.80 bits per heavy atom. The Balaban J connectivity index is 1.44. The van der Waals surface area contributed by atoms with E-state index in [0.717, 1.165) is 27.0 Å². The van der Waals surface area contributed by atoms with Gasteiger partial charge in [-0.25, -0.2) is 4.79 Å². The first-order valence-electron chi connectivity index (χ1n) is 11.4. The summed E-state index contributed by atoms with van der Waals surface area (Å²) in [6.07, 6.45) is 1.64. The summed E-state index contributed by atoms with van der Waals surface area (Å²) in [5.41, 5.74) is 10.8. The van der Waals surface area contributed by atoms with Crippen LogP contribution in [0.2, 0.25) is 0 Å². The van der Waals surface area contributed by atoms with E-state index < -0.39 is 34.9 Å². The lowest BCUT2D eigenvalue weighted by atomic mass is 10.0. The molecule has 0 unspecified atom stereocenters. The summed E-state index contributed by atoms with van der Waals surface area (Å²) in [5, 5.41) is 26.8. The molecular weight excluding hydrogens is 603 g/mol. The van der Waals surface area contributed by atoms with Crippen molar-refractivity contribution in [3.8, 4) is 0 Å². The van der Waals surface area contributed by atoms with Gasteiger partial charge in [0.15, 0.2) is 5.13 Å². The van der Waals surface area contributed by atoms with Crippen molar-refractivity contribution in [3.05, 3.63) is 40.5 Å². The van der Waals surface area contributed by atoms with Gasteiger partial charge in [0.1, 0.15) is 17.1 Å². The number of nitrogens with one attached hydrogen (secondary N) is 2. The van der Waals surface area contributed by atoms with Gasteiger partial charge in [0, 0.05) is 51.3 Å². The van der Waals surface area contributed by atoms with Gasteiger partial charge < -0.3 is 32.4 Å². The molecule has 2 atom stereocenters. The fourth-order valence-corrected chi connectivity index (χ4v) is 7.57. The maximum atomic E-state index is 13.0. The molecule has 0 aromatic carbocycles. The zero-order valence-electron chi connectivity index (χ0n) is 20.5. The number of hydrogen-bond acceptors (Lipinski definition) is 15. The minimum absolute atomic E-state index is 0.0605. The van der Waals surface area contributed by atoms with Crippen LogP contribution in [0.25, 0.3) is 0 Å². The van der Waals surface area contributed by atoms with Crippen LogP contribution < -0.4 is 22.1 Å². The monoisotopic (exact) mass is 625 g/mol. The molecule has 8 N–H and O–H groups in total. The van der Waals surface area contributed by atoms with E-state index in [0.29, 0.717) is 23.0 Å². The number of anilines is 1. The molecule has 2 aliphatic heterocycles. The number of carboxylic acid groups (broad SMARTS) is 1. The molecule has 3 amide bonds. The molecule has 0 aliphatic carbocycles. The molecule has 1 fully saturated rings. The Bertz CT molecular complexity index is 1380. The lowest BCUT2D eigenvalue weighted by Crippen LogP contribution is -2.71. The molecule has 4 heterocycles. The standard InChI is InChI=1S/C21H23N9O6S4/c22-6-12(31)25-4-5-37-7-9-10(2-1-3-24-9)39-11-8-38-19-14(18(33)30(19)15(11)20(34)35)26-17(32)13(28-36)16-27-21(23)40-29-16/h1-3,14,19,36H,4-8,22H2,(H,25,31)(H,26,32)(H,34,35)(H2,23,27,29)/b28-13-/t14-,19-/m1/s1. The van der Waals surface area contributed by atoms with Crippen molar-refractivity contribution in [3.63, 3.8) is 0 Å². The van der Waals surface area contributed by atoms with Gasteiger partial charge in [0.2, 0.25) is 17.4 Å². The Kier molecular flexibility index (Phi) is 9.85. The lowest BCUT2D eigenvalue weighted by Gasteiger charge is -2.49. The van der Waals surface area contributed by atoms with Crippen molar-refractivity contribution >= 4 is 81.4 Å². The third kappa shape index (κ3) is 6.49. The molecule has 2 aromatic heterocycles. The zero-order chi connectivity index (χ0) is 28.8. The van der Waals surface area contributed by atoms with Crippen LogP contribution in [0, 0.1) is 0 Å². The smallest absolute Gasteiger partial charge is 0.353 e. The first-order valence-corrected chi connectivity index (χ1v) is 15.2. The van der Waals surface area contributed by atoms with Crippen LogP contribution >= 0.6 is 46.8 Å². The maximum Gasteiger partial charge on any atom is 0.353 e. The summed E-state index contributed by atoms with van der Waals surface area (Å²) in [6.45, 7) is 0.382. The summed E-state index contributed by atoms with van der Waals surface area (Å²) in [5.74, 6) is -1.80. The van der Waals surface area contributed by atoms with E-state index in [-0.39, 0.29) is 34.9 Å². The summed E-state index contributed by atoms with van der Waals surface area (Å²) in [7, 11) is 0. The predicted molar refractivity (Wildman–Crippen MR) is 151 cm³/mol. The molecule has 0 radical (unpaired) electrons. The van der Waals surface area contributed by atoms with Crippen LogP contribution in [0.3, 0.4) is 0 Å². The molecule has 212 valence electrons. The number of oxime groups is 1. The van der Waals surface area contributed by atoms with Crippen molar-refractivity contribution in [2.45, 2.75) is 22.1 Å². The number of fused-ring (bicyclic) bond motifs is 1. The fourth-order valence-electron chi connectivity index (χ4n) is 3.66. The number of aromatic nitrogens is 3.